The van der Waals surface area contributed by atoms with Crippen molar-refractivity contribution in [3.63, 3.8) is 0 Å². The van der Waals surface area contributed by atoms with Gasteiger partial charge in [0, 0.05) is 74.1 Å². The highest BCUT2D eigenvalue weighted by Crippen LogP contribution is 2.48. The molecule has 4 N–H and O–H groups in total. The number of esters is 2. The van der Waals surface area contributed by atoms with Gasteiger partial charge in [-0.1, -0.05) is 26.5 Å². The van der Waals surface area contributed by atoms with Crippen LogP contribution in [0.15, 0.2) is 18.0 Å². The number of Topliss-reactive ketones (excluding diaryl/α,β-unsaturated/α-hetero) is 1. The summed E-state index contributed by atoms with van der Waals surface area (Å²) < 4.78 is 10.2. The maximum atomic E-state index is 14.1. The lowest BCUT2D eigenvalue weighted by atomic mass is 9.85. The van der Waals surface area contributed by atoms with Gasteiger partial charge in [-0.2, -0.15) is 0 Å². The van der Waals surface area contributed by atoms with E-state index in [0.717, 1.165) is 67.8 Å². The monoisotopic (exact) mass is 608 g/mol. The molecule has 6 rings (SSSR count). The van der Waals surface area contributed by atoms with Crippen LogP contribution in [0.1, 0.15) is 87.6 Å². The number of carbonyl (C=O) groups is 3. The van der Waals surface area contributed by atoms with Crippen LogP contribution >= 0.6 is 0 Å². The van der Waals surface area contributed by atoms with Gasteiger partial charge in [-0.15, -0.1) is 0 Å². The van der Waals surface area contributed by atoms with Gasteiger partial charge in [-0.25, -0.2) is 0 Å². The Kier molecular flexibility index (Phi) is 7.59. The predicted octanol–water partition coefficient (Wildman–Crippen LogP) is 4.32. The molecule has 3 unspecified atom stereocenters. The molecule has 45 heavy (non-hydrogen) atoms. The lowest BCUT2D eigenvalue weighted by molar-refractivity contribution is -0.142. The Morgan fingerprint density at radius 1 is 0.933 bits per heavy atom. The minimum atomic E-state index is -1.12. The van der Waals surface area contributed by atoms with E-state index < -0.39 is 11.9 Å². The first-order valence-corrected chi connectivity index (χ1v) is 15.4. The number of hydrogen-bond donors (Lipinski definition) is 4. The maximum absolute atomic E-state index is 14.1. The molecule has 1 fully saturated rings. The zero-order valence-corrected chi connectivity index (χ0v) is 26.9. The topological polar surface area (TPSA) is 129 Å². The minimum Gasteiger partial charge on any atom is -0.469 e. The maximum Gasteiger partial charge on any atom is 0.321 e. The number of allylic oxidation sites excluding steroid dienone is 2. The largest absolute Gasteiger partial charge is 0.469 e. The third-order valence-electron chi connectivity index (χ3n) is 9.97. The number of fused-ring (bicyclic) bond motifs is 7. The number of aromatic nitrogens is 3. The Morgan fingerprint density at radius 3 is 2.31 bits per heavy atom. The second kappa shape index (κ2) is 11.3. The first kappa shape index (κ1) is 30.2. The molecule has 3 aromatic rings. The van der Waals surface area contributed by atoms with Gasteiger partial charge in [-0.3, -0.25) is 14.4 Å². The number of rotatable bonds is 6. The molecule has 1 saturated heterocycles. The molecule has 0 radical (unpaired) electrons. The molecule has 8 bridgehead atoms. The minimum absolute atomic E-state index is 0.0606. The zero-order chi connectivity index (χ0) is 32.3. The second-order valence-corrected chi connectivity index (χ2v) is 12.2. The molecule has 0 spiro atoms. The van der Waals surface area contributed by atoms with Crippen LogP contribution in [0.3, 0.4) is 0 Å². The van der Waals surface area contributed by atoms with Gasteiger partial charge in [-0.05, 0) is 74.1 Å². The smallest absolute Gasteiger partial charge is 0.321 e. The number of ether oxygens (including phenoxy) is 2. The molecule has 3 atom stereocenters. The standard InChI is InChI=1S/C36H40N4O5/c1-9-20-16(3)23-13-25-18(5)22(11-12-29(41)44-7)33(39-25)31-32(36(43)45-8)35(42)30-19(6)26(40-34(30)31)15-28-21(10-2)17(4)24(38-28)14-27(20)37-23/h9,13-15,18,22,32,37-40H,1,10-12H2,2-8H3. The number of aromatic amines is 3. The van der Waals surface area contributed by atoms with E-state index in [1.165, 1.54) is 19.8 Å². The molecule has 234 valence electrons. The summed E-state index contributed by atoms with van der Waals surface area (Å²) in [6.45, 7) is 14.4. The van der Waals surface area contributed by atoms with Gasteiger partial charge < -0.3 is 29.7 Å². The van der Waals surface area contributed by atoms with Crippen LogP contribution in [-0.2, 0) is 25.5 Å². The first-order chi connectivity index (χ1) is 21.5. The molecule has 2 aliphatic heterocycles. The van der Waals surface area contributed by atoms with Crippen LogP contribution < -0.4 is 16.0 Å². The van der Waals surface area contributed by atoms with E-state index in [1.54, 1.807) is 0 Å². The lowest BCUT2D eigenvalue weighted by Crippen LogP contribution is -2.25. The average Bonchev–Trinajstić information content (AvgIpc) is 3.76. The highest BCUT2D eigenvalue weighted by Gasteiger charge is 2.48. The molecule has 0 amide bonds. The van der Waals surface area contributed by atoms with E-state index in [2.05, 4.69) is 72.8 Å². The summed E-state index contributed by atoms with van der Waals surface area (Å²) in [5.74, 6) is -2.59. The molecule has 0 saturated carbocycles. The van der Waals surface area contributed by atoms with E-state index in [9.17, 15) is 14.4 Å². The van der Waals surface area contributed by atoms with Crippen LogP contribution in [0.4, 0.5) is 0 Å². The van der Waals surface area contributed by atoms with E-state index in [-0.39, 0.29) is 30.0 Å². The molecule has 3 aliphatic rings. The van der Waals surface area contributed by atoms with Crippen molar-refractivity contribution in [2.24, 2.45) is 17.8 Å². The van der Waals surface area contributed by atoms with Crippen LogP contribution in [-0.4, -0.2) is 46.9 Å². The molecule has 3 aromatic heterocycles. The molecule has 5 heterocycles. The highest BCUT2D eigenvalue weighted by molar-refractivity contribution is 6.24. The Bertz CT molecular complexity index is 1980. The summed E-state index contributed by atoms with van der Waals surface area (Å²) in [5.41, 5.74) is 11.2. The van der Waals surface area contributed by atoms with Crippen molar-refractivity contribution in [1.29, 1.82) is 0 Å². The summed E-state index contributed by atoms with van der Waals surface area (Å²) in [6, 6.07) is 0. The molecule has 0 aromatic carbocycles. The number of carbonyl (C=O) groups excluding carboxylic acids is 3. The number of hydrogen-bond acceptors (Lipinski definition) is 6. The van der Waals surface area contributed by atoms with Crippen molar-refractivity contribution in [2.75, 3.05) is 14.2 Å². The third-order valence-corrected chi connectivity index (χ3v) is 9.97. The van der Waals surface area contributed by atoms with E-state index in [1.807, 2.05) is 13.0 Å². The fourth-order valence-corrected chi connectivity index (χ4v) is 7.37. The van der Waals surface area contributed by atoms with Gasteiger partial charge in [0.05, 0.1) is 19.9 Å². The SMILES string of the molecule is C=Cc1c2[nH]c(c1C)C=C1NC(=C3c4[nH]c(c(C)c4C(=O)C3C(=O)OC)C=c3[nH]c(c(C)c3CC)=C2)C(CCC(=O)OC)C1C. The summed E-state index contributed by atoms with van der Waals surface area (Å²) in [7, 11) is 2.68. The van der Waals surface area contributed by atoms with Crippen LogP contribution in [0, 0.1) is 38.5 Å². The fourth-order valence-electron chi connectivity index (χ4n) is 7.37. The molecule has 1 aliphatic carbocycles. The van der Waals surface area contributed by atoms with Crippen LogP contribution in [0.5, 0.6) is 0 Å². The van der Waals surface area contributed by atoms with Gasteiger partial charge >= 0.3 is 11.9 Å². The fraction of sp³-hybridized carbons (Fsp3) is 0.361. The Balaban J connectivity index is 1.72. The molecular formula is C36H40N4O5. The summed E-state index contributed by atoms with van der Waals surface area (Å²) in [4.78, 5) is 50.5. The molecule has 9 nitrogen and oxygen atoms in total. The Morgan fingerprint density at radius 2 is 1.64 bits per heavy atom. The summed E-state index contributed by atoms with van der Waals surface area (Å²) >= 11 is 0. The van der Waals surface area contributed by atoms with Gasteiger partial charge in [0.25, 0.3) is 0 Å². The van der Waals surface area contributed by atoms with Crippen molar-refractivity contribution in [3.8, 4) is 0 Å². The van der Waals surface area contributed by atoms with Crippen LogP contribution in [0.25, 0.3) is 29.9 Å². The number of ketones is 1. The average molecular weight is 609 g/mol. The molecule has 9 heteroatoms. The van der Waals surface area contributed by atoms with Crippen molar-refractivity contribution in [2.45, 2.75) is 53.9 Å². The molecular weight excluding hydrogens is 568 g/mol. The third kappa shape index (κ3) is 4.64. The van der Waals surface area contributed by atoms with Gasteiger partial charge in [0.1, 0.15) is 5.92 Å². The van der Waals surface area contributed by atoms with Crippen molar-refractivity contribution in [1.82, 2.24) is 20.3 Å². The van der Waals surface area contributed by atoms with Crippen LogP contribution in [0.2, 0.25) is 0 Å². The van der Waals surface area contributed by atoms with Crippen molar-refractivity contribution < 1.29 is 23.9 Å². The van der Waals surface area contributed by atoms with Gasteiger partial charge in [0.15, 0.2) is 5.78 Å². The summed E-state index contributed by atoms with van der Waals surface area (Å²) in [5, 5.41) is 5.57. The van der Waals surface area contributed by atoms with Gasteiger partial charge in [0.2, 0.25) is 0 Å². The predicted molar refractivity (Wildman–Crippen MR) is 174 cm³/mol. The quantitative estimate of drug-likeness (QED) is 0.244. The normalized spacial score (nSPS) is 19.9. The number of H-pyrrole nitrogens is 3. The Labute approximate surface area is 262 Å². The highest BCUT2D eigenvalue weighted by atomic mass is 16.5. The van der Waals surface area contributed by atoms with E-state index >= 15 is 0 Å². The summed E-state index contributed by atoms with van der Waals surface area (Å²) in [6.07, 6.45) is 9.62. The zero-order valence-electron chi connectivity index (χ0n) is 26.9. The first-order valence-electron chi connectivity index (χ1n) is 15.4. The lowest BCUT2D eigenvalue weighted by Gasteiger charge is -2.19. The van der Waals surface area contributed by atoms with E-state index in [4.69, 9.17) is 9.47 Å². The Hall–Kier alpha value is -4.79. The second-order valence-electron chi connectivity index (χ2n) is 12.2. The number of methoxy groups -OCH3 is 2. The number of nitrogens with one attached hydrogen (secondary N) is 4. The van der Waals surface area contributed by atoms with Crippen molar-refractivity contribution in [3.05, 3.63) is 84.8 Å². The van der Waals surface area contributed by atoms with Crippen molar-refractivity contribution >= 4 is 47.6 Å². The van der Waals surface area contributed by atoms with E-state index in [0.29, 0.717) is 23.3 Å².